The average molecular weight is 264 g/mol. The summed E-state index contributed by atoms with van der Waals surface area (Å²) in [6, 6.07) is 0. The first-order valence-electron chi connectivity index (χ1n) is 7.13. The number of hydrogen-bond acceptors (Lipinski definition) is 4. The molecule has 0 aliphatic rings. The highest BCUT2D eigenvalue weighted by molar-refractivity contribution is 4.41. The van der Waals surface area contributed by atoms with Gasteiger partial charge in [0.05, 0.1) is 12.7 Å². The number of aliphatic hydroxyl groups is 2. The van der Waals surface area contributed by atoms with Gasteiger partial charge in [-0.2, -0.15) is 0 Å². The summed E-state index contributed by atoms with van der Waals surface area (Å²) < 4.78 is 10.2. The summed E-state index contributed by atoms with van der Waals surface area (Å²) in [5.41, 5.74) is 0. The van der Waals surface area contributed by atoms with Gasteiger partial charge in [0.1, 0.15) is 0 Å². The highest BCUT2D eigenvalue weighted by Crippen LogP contribution is 1.89. The van der Waals surface area contributed by atoms with Crippen LogP contribution in [-0.2, 0) is 9.47 Å². The maximum atomic E-state index is 8.73. The monoisotopic (exact) mass is 264 g/mol. The number of aliphatic hydroxyl groups excluding tert-OH is 2. The minimum atomic E-state index is -0.318. The molecule has 0 aromatic heterocycles. The summed E-state index contributed by atoms with van der Waals surface area (Å²) in [5, 5.41) is 17.1. The molecule has 4 heteroatoms. The standard InChI is InChI=1S/2C7H16O2/c1-3-4-5-9-6-7(2)8;1-2-3-6-9-7-4-5-8/h7-8H,3-6H2,1-2H3;8H,2-7H2,1H3. The van der Waals surface area contributed by atoms with E-state index in [9.17, 15) is 0 Å². The van der Waals surface area contributed by atoms with Crippen LogP contribution >= 0.6 is 0 Å². The molecule has 0 rings (SSSR count). The third-order valence-corrected chi connectivity index (χ3v) is 2.09. The van der Waals surface area contributed by atoms with Gasteiger partial charge in [-0.25, -0.2) is 0 Å². The van der Waals surface area contributed by atoms with E-state index in [1.54, 1.807) is 6.92 Å². The van der Waals surface area contributed by atoms with Crippen LogP contribution in [0, 0.1) is 0 Å². The van der Waals surface area contributed by atoms with Crippen molar-refractivity contribution >= 4 is 0 Å². The Hall–Kier alpha value is -0.160. The fourth-order valence-electron chi connectivity index (χ4n) is 1.02. The Morgan fingerprint density at radius 1 is 0.889 bits per heavy atom. The predicted octanol–water partition coefficient (Wildman–Crippen LogP) is 2.37. The summed E-state index contributed by atoms with van der Waals surface area (Å²) in [4.78, 5) is 0. The van der Waals surface area contributed by atoms with Gasteiger partial charge in [0.2, 0.25) is 0 Å². The topological polar surface area (TPSA) is 58.9 Å². The molecule has 0 spiro atoms. The number of unbranched alkanes of at least 4 members (excludes halogenated alkanes) is 2. The molecule has 0 aliphatic heterocycles. The van der Waals surface area contributed by atoms with Crippen molar-refractivity contribution < 1.29 is 19.7 Å². The first kappa shape index (κ1) is 20.2. The van der Waals surface area contributed by atoms with Crippen molar-refractivity contribution in [1.82, 2.24) is 0 Å². The van der Waals surface area contributed by atoms with Crippen molar-refractivity contribution in [1.29, 1.82) is 0 Å². The number of hydrogen-bond donors (Lipinski definition) is 2. The molecule has 0 heterocycles. The SMILES string of the molecule is CCCCOCC(C)O.CCCCOCCCO. The largest absolute Gasteiger partial charge is 0.396 e. The smallest absolute Gasteiger partial charge is 0.0745 e. The van der Waals surface area contributed by atoms with Crippen LogP contribution in [0.5, 0.6) is 0 Å². The van der Waals surface area contributed by atoms with Crippen LogP contribution in [0.1, 0.15) is 52.9 Å². The minimum absolute atomic E-state index is 0.242. The van der Waals surface area contributed by atoms with Crippen LogP contribution in [0.4, 0.5) is 0 Å². The molecular formula is C14H32O4. The van der Waals surface area contributed by atoms with Crippen LogP contribution in [0.15, 0.2) is 0 Å². The van der Waals surface area contributed by atoms with Gasteiger partial charge in [-0.1, -0.05) is 26.7 Å². The first-order chi connectivity index (χ1) is 8.68. The van der Waals surface area contributed by atoms with Crippen LogP contribution in [0.3, 0.4) is 0 Å². The van der Waals surface area contributed by atoms with E-state index < -0.39 is 0 Å². The lowest BCUT2D eigenvalue weighted by Crippen LogP contribution is -2.10. The number of rotatable bonds is 11. The second-order valence-electron chi connectivity index (χ2n) is 4.32. The van der Waals surface area contributed by atoms with E-state index in [-0.39, 0.29) is 12.7 Å². The van der Waals surface area contributed by atoms with Crippen molar-refractivity contribution in [3.05, 3.63) is 0 Å². The zero-order valence-corrected chi connectivity index (χ0v) is 12.4. The van der Waals surface area contributed by atoms with Crippen LogP contribution in [0.2, 0.25) is 0 Å². The van der Waals surface area contributed by atoms with Crippen LogP contribution < -0.4 is 0 Å². The van der Waals surface area contributed by atoms with Gasteiger partial charge in [0.25, 0.3) is 0 Å². The third-order valence-electron chi connectivity index (χ3n) is 2.09. The lowest BCUT2D eigenvalue weighted by molar-refractivity contribution is 0.0450. The summed E-state index contributed by atoms with van der Waals surface area (Å²) in [5.74, 6) is 0. The first-order valence-corrected chi connectivity index (χ1v) is 7.13. The van der Waals surface area contributed by atoms with E-state index in [1.165, 1.54) is 6.42 Å². The molecule has 18 heavy (non-hydrogen) atoms. The van der Waals surface area contributed by atoms with E-state index in [0.717, 1.165) is 38.9 Å². The molecule has 0 aliphatic carbocycles. The molecule has 4 nitrogen and oxygen atoms in total. The minimum Gasteiger partial charge on any atom is -0.396 e. The predicted molar refractivity (Wildman–Crippen MR) is 74.8 cm³/mol. The van der Waals surface area contributed by atoms with Gasteiger partial charge in [-0.15, -0.1) is 0 Å². The van der Waals surface area contributed by atoms with E-state index in [1.807, 2.05) is 0 Å². The summed E-state index contributed by atoms with van der Waals surface area (Å²) in [6.45, 7) is 9.02. The number of ether oxygens (including phenoxy) is 2. The maximum Gasteiger partial charge on any atom is 0.0745 e. The molecule has 0 saturated heterocycles. The van der Waals surface area contributed by atoms with Gasteiger partial charge in [-0.05, 0) is 26.2 Å². The lowest BCUT2D eigenvalue weighted by atomic mass is 10.4. The van der Waals surface area contributed by atoms with Crippen LogP contribution in [0.25, 0.3) is 0 Å². The molecule has 112 valence electrons. The Morgan fingerprint density at radius 3 is 1.83 bits per heavy atom. The molecular weight excluding hydrogens is 232 g/mol. The molecule has 2 N–H and O–H groups in total. The Labute approximate surface area is 112 Å². The van der Waals surface area contributed by atoms with Crippen molar-refractivity contribution in [2.45, 2.75) is 59.0 Å². The van der Waals surface area contributed by atoms with E-state index in [4.69, 9.17) is 19.7 Å². The lowest BCUT2D eigenvalue weighted by Gasteiger charge is -2.03. The van der Waals surface area contributed by atoms with Crippen molar-refractivity contribution in [3.8, 4) is 0 Å². The van der Waals surface area contributed by atoms with E-state index in [2.05, 4.69) is 13.8 Å². The van der Waals surface area contributed by atoms with Gasteiger partial charge in [0.15, 0.2) is 0 Å². The van der Waals surface area contributed by atoms with Crippen LogP contribution in [-0.4, -0.2) is 49.4 Å². The molecule has 0 fully saturated rings. The van der Waals surface area contributed by atoms with Gasteiger partial charge >= 0.3 is 0 Å². The zero-order valence-electron chi connectivity index (χ0n) is 12.4. The molecule has 0 radical (unpaired) electrons. The molecule has 1 atom stereocenters. The fourth-order valence-corrected chi connectivity index (χ4v) is 1.02. The average Bonchev–Trinajstić information content (AvgIpc) is 2.35. The highest BCUT2D eigenvalue weighted by Gasteiger charge is 1.92. The highest BCUT2D eigenvalue weighted by atomic mass is 16.5. The molecule has 0 saturated carbocycles. The van der Waals surface area contributed by atoms with Gasteiger partial charge < -0.3 is 19.7 Å². The molecule has 1 unspecified atom stereocenters. The second-order valence-corrected chi connectivity index (χ2v) is 4.32. The Morgan fingerprint density at radius 2 is 1.39 bits per heavy atom. The Kier molecular flexibility index (Phi) is 21.5. The fraction of sp³-hybridized carbons (Fsp3) is 1.00. The summed E-state index contributed by atoms with van der Waals surface area (Å²) in [7, 11) is 0. The van der Waals surface area contributed by atoms with Gasteiger partial charge in [-0.3, -0.25) is 0 Å². The summed E-state index contributed by atoms with van der Waals surface area (Å²) in [6.07, 6.45) is 5.00. The van der Waals surface area contributed by atoms with Crippen molar-refractivity contribution in [2.24, 2.45) is 0 Å². The molecule has 0 amide bonds. The molecule has 0 aromatic rings. The normalized spacial score (nSPS) is 11.8. The van der Waals surface area contributed by atoms with Crippen molar-refractivity contribution in [2.75, 3.05) is 33.0 Å². The second kappa shape index (κ2) is 19.2. The van der Waals surface area contributed by atoms with E-state index in [0.29, 0.717) is 13.2 Å². The van der Waals surface area contributed by atoms with Crippen molar-refractivity contribution in [3.63, 3.8) is 0 Å². The maximum absolute atomic E-state index is 8.73. The molecule has 0 bridgehead atoms. The Bertz CT molecular complexity index is 123. The van der Waals surface area contributed by atoms with E-state index >= 15 is 0 Å². The molecule has 0 aromatic carbocycles. The van der Waals surface area contributed by atoms with Gasteiger partial charge in [0, 0.05) is 26.4 Å². The quantitative estimate of drug-likeness (QED) is 0.562. The summed E-state index contributed by atoms with van der Waals surface area (Å²) >= 11 is 0. The third kappa shape index (κ3) is 24.9. The zero-order chi connectivity index (χ0) is 14.1. The Balaban J connectivity index is 0.